The first kappa shape index (κ1) is 24.6. The first-order chi connectivity index (χ1) is 17.1. The normalized spacial score (nSPS) is 21.2. The molecule has 0 N–H and O–H groups in total. The third-order valence-corrected chi connectivity index (χ3v) is 5.62. The van der Waals surface area contributed by atoms with Crippen molar-refractivity contribution >= 4 is 34.2 Å². The van der Waals surface area contributed by atoms with Crippen molar-refractivity contribution in [3.05, 3.63) is 108 Å². The topological polar surface area (TPSA) is 97.4 Å². The number of carbonyl (C=O) groups is 3. The maximum absolute atomic E-state index is 12.8. The van der Waals surface area contributed by atoms with Crippen LogP contribution in [-0.4, -0.2) is 49.1 Å². The molecule has 9 heteroatoms. The first-order valence-electron chi connectivity index (χ1n) is 10.7. The molecule has 3 aromatic rings. The number of rotatable bonds is 8. The van der Waals surface area contributed by atoms with Gasteiger partial charge in [0, 0.05) is 0 Å². The Morgan fingerprint density at radius 3 is 1.54 bits per heavy atom. The Kier molecular flexibility index (Phi) is 8.25. The summed E-state index contributed by atoms with van der Waals surface area (Å²) in [5.41, 5.74) is 0.945. The molecule has 0 aromatic heterocycles. The molecule has 1 fully saturated rings. The van der Waals surface area contributed by atoms with E-state index in [1.165, 1.54) is 0 Å². The van der Waals surface area contributed by atoms with E-state index in [-0.39, 0.29) is 6.61 Å². The Bertz CT molecular complexity index is 1140. The molecule has 1 heterocycles. The number of hydrogen-bond acceptors (Lipinski definition) is 8. The summed E-state index contributed by atoms with van der Waals surface area (Å²) >= 11 is 2.88. The van der Waals surface area contributed by atoms with Gasteiger partial charge in [0.1, 0.15) is 29.0 Å². The molecular weight excluding hydrogens is 520 g/mol. The molecular formula is C26H21BrO8. The minimum atomic E-state index is -1.14. The quantitative estimate of drug-likeness (QED) is 0.307. The highest BCUT2D eigenvalue weighted by Crippen LogP contribution is 2.31. The summed E-state index contributed by atoms with van der Waals surface area (Å²) in [6.07, 6.45) is -4.36. The summed E-state index contributed by atoms with van der Waals surface area (Å²) in [6, 6.07) is 25.1. The zero-order valence-corrected chi connectivity index (χ0v) is 19.9. The van der Waals surface area contributed by atoms with Gasteiger partial charge in [0.25, 0.3) is 0 Å². The molecule has 0 aliphatic carbocycles. The van der Waals surface area contributed by atoms with Gasteiger partial charge in [-0.2, -0.15) is 0 Å². The van der Waals surface area contributed by atoms with E-state index in [4.69, 9.17) is 22.8 Å². The van der Waals surface area contributed by atoms with Gasteiger partial charge >= 0.3 is 17.9 Å². The fraction of sp³-hybridized carbons (Fsp3) is 0.192. The van der Waals surface area contributed by atoms with E-state index in [0.29, 0.717) is 16.7 Å². The van der Waals surface area contributed by atoms with Crippen LogP contribution in [0.1, 0.15) is 31.1 Å². The van der Waals surface area contributed by atoms with Crippen LogP contribution in [0.25, 0.3) is 0 Å². The molecule has 3 aromatic carbocycles. The summed E-state index contributed by atoms with van der Waals surface area (Å²) in [4.78, 5) is 38.0. The molecule has 1 aliphatic heterocycles. The molecule has 0 unspecified atom stereocenters. The molecule has 0 bridgehead atoms. The van der Waals surface area contributed by atoms with Gasteiger partial charge < -0.3 is 18.9 Å². The van der Waals surface area contributed by atoms with E-state index in [9.17, 15) is 14.4 Å². The maximum atomic E-state index is 12.8. The zero-order chi connectivity index (χ0) is 24.6. The lowest BCUT2D eigenvalue weighted by atomic mass is 10.1. The third kappa shape index (κ3) is 6.13. The molecule has 1 aliphatic rings. The van der Waals surface area contributed by atoms with Gasteiger partial charge in [0.2, 0.25) is 6.29 Å². The van der Waals surface area contributed by atoms with E-state index in [1.807, 2.05) is 0 Å². The van der Waals surface area contributed by atoms with Crippen LogP contribution in [0.15, 0.2) is 91.0 Å². The van der Waals surface area contributed by atoms with Gasteiger partial charge in [0.15, 0.2) is 12.2 Å². The standard InChI is InChI=1S/C26H21BrO8/c27-35-26-22(34-25(30)19-14-8-3-9-15-19)21(33-24(29)18-12-6-2-7-13-18)20(32-26)16-31-23(28)17-10-4-1-5-11-17/h1-15,20-22,26H,16H2/t20-,21-,22-,26+/m1/s1. The average Bonchev–Trinajstić information content (AvgIpc) is 3.24. The second kappa shape index (κ2) is 11.7. The number of esters is 3. The van der Waals surface area contributed by atoms with Crippen LogP contribution < -0.4 is 0 Å². The summed E-state index contributed by atoms with van der Waals surface area (Å²) < 4.78 is 27.7. The van der Waals surface area contributed by atoms with Crippen molar-refractivity contribution < 1.29 is 37.2 Å². The van der Waals surface area contributed by atoms with Crippen LogP contribution in [0, 0.1) is 0 Å². The second-order valence-corrected chi connectivity index (χ2v) is 7.94. The molecule has 4 rings (SSSR count). The number of hydrogen-bond donors (Lipinski definition) is 0. The van der Waals surface area contributed by atoms with Crippen molar-refractivity contribution in [2.75, 3.05) is 6.61 Å². The number of benzene rings is 3. The van der Waals surface area contributed by atoms with Crippen molar-refractivity contribution in [2.45, 2.75) is 24.6 Å². The predicted octanol–water partition coefficient (Wildman–Crippen LogP) is 4.35. The van der Waals surface area contributed by atoms with Crippen molar-refractivity contribution in [2.24, 2.45) is 0 Å². The smallest absolute Gasteiger partial charge is 0.338 e. The third-order valence-electron chi connectivity index (χ3n) is 5.25. The van der Waals surface area contributed by atoms with Crippen LogP contribution in [0.3, 0.4) is 0 Å². The molecule has 0 radical (unpaired) electrons. The molecule has 180 valence electrons. The lowest BCUT2D eigenvalue weighted by molar-refractivity contribution is -0.107. The fourth-order valence-corrected chi connectivity index (χ4v) is 3.81. The van der Waals surface area contributed by atoms with Crippen LogP contribution in [0.2, 0.25) is 0 Å². The SMILES string of the molecule is O=C(OC[C@H]1O[C@@H](OBr)[C@H](OC(=O)c2ccccc2)[C@@H]1OC(=O)c1ccccc1)c1ccccc1. The summed E-state index contributed by atoms with van der Waals surface area (Å²) in [7, 11) is 0. The molecule has 35 heavy (non-hydrogen) atoms. The average molecular weight is 541 g/mol. The number of halogens is 1. The van der Waals surface area contributed by atoms with Crippen molar-refractivity contribution in [1.29, 1.82) is 0 Å². The predicted molar refractivity (Wildman–Crippen MR) is 127 cm³/mol. The number of ether oxygens (including phenoxy) is 4. The molecule has 0 spiro atoms. The van der Waals surface area contributed by atoms with Gasteiger partial charge in [0.05, 0.1) is 16.7 Å². The van der Waals surface area contributed by atoms with Crippen LogP contribution in [0.5, 0.6) is 0 Å². The fourth-order valence-electron chi connectivity index (χ4n) is 3.51. The van der Waals surface area contributed by atoms with Crippen LogP contribution in [0.4, 0.5) is 0 Å². The largest absolute Gasteiger partial charge is 0.459 e. The Morgan fingerprint density at radius 2 is 1.09 bits per heavy atom. The Morgan fingerprint density at radius 1 is 0.657 bits per heavy atom. The molecule has 4 atom stereocenters. The minimum Gasteiger partial charge on any atom is -0.459 e. The Hall–Kier alpha value is -3.53. The van der Waals surface area contributed by atoms with Gasteiger partial charge in [-0.15, -0.1) is 0 Å². The molecule has 1 saturated heterocycles. The van der Waals surface area contributed by atoms with Gasteiger partial charge in [-0.05, 0) is 36.4 Å². The maximum Gasteiger partial charge on any atom is 0.338 e. The van der Waals surface area contributed by atoms with Gasteiger partial charge in [-0.1, -0.05) is 54.6 Å². The summed E-state index contributed by atoms with van der Waals surface area (Å²) in [5, 5.41) is 0. The van der Waals surface area contributed by atoms with E-state index >= 15 is 0 Å². The lowest BCUT2D eigenvalue weighted by Crippen LogP contribution is -2.42. The zero-order valence-electron chi connectivity index (χ0n) is 18.3. The molecule has 8 nitrogen and oxygen atoms in total. The first-order valence-corrected chi connectivity index (χ1v) is 11.4. The van der Waals surface area contributed by atoms with Gasteiger partial charge in [-0.3, -0.25) is 3.83 Å². The highest BCUT2D eigenvalue weighted by Gasteiger charge is 2.51. The highest BCUT2D eigenvalue weighted by atomic mass is 79.9. The monoisotopic (exact) mass is 540 g/mol. The summed E-state index contributed by atoms with van der Waals surface area (Å²) in [6.45, 7) is -0.271. The van der Waals surface area contributed by atoms with Crippen molar-refractivity contribution in [1.82, 2.24) is 0 Å². The Balaban J connectivity index is 1.54. The molecule has 0 saturated carbocycles. The minimum absolute atomic E-state index is 0.271. The van der Waals surface area contributed by atoms with Crippen molar-refractivity contribution in [3.63, 3.8) is 0 Å². The van der Waals surface area contributed by atoms with Crippen molar-refractivity contribution in [3.8, 4) is 0 Å². The summed E-state index contributed by atoms with van der Waals surface area (Å²) in [5.74, 6) is -1.89. The van der Waals surface area contributed by atoms with Crippen LogP contribution >= 0.6 is 16.3 Å². The van der Waals surface area contributed by atoms with E-state index in [0.717, 1.165) is 0 Å². The Labute approximate surface area is 210 Å². The van der Waals surface area contributed by atoms with Crippen LogP contribution in [-0.2, 0) is 22.8 Å². The molecule has 0 amide bonds. The lowest BCUT2D eigenvalue weighted by Gasteiger charge is -2.23. The van der Waals surface area contributed by atoms with E-state index in [2.05, 4.69) is 16.3 Å². The second-order valence-electron chi connectivity index (χ2n) is 7.57. The van der Waals surface area contributed by atoms with E-state index in [1.54, 1.807) is 91.0 Å². The number of carbonyl (C=O) groups excluding carboxylic acids is 3. The highest BCUT2D eigenvalue weighted by molar-refractivity contribution is 9.06. The van der Waals surface area contributed by atoms with E-state index < -0.39 is 42.5 Å². The van der Waals surface area contributed by atoms with Gasteiger partial charge in [-0.25, -0.2) is 14.4 Å².